The topological polar surface area (TPSA) is 72.2 Å². The number of nitro benzene ring substituents is 1. The number of hydrogen-bond acceptors (Lipinski definition) is 3. The van der Waals surface area contributed by atoms with Gasteiger partial charge in [-0.15, -0.1) is 0 Å². The van der Waals surface area contributed by atoms with Crippen molar-refractivity contribution < 1.29 is 18.5 Å². The highest BCUT2D eigenvalue weighted by atomic mass is 79.9. The molecule has 21 heavy (non-hydrogen) atoms. The van der Waals surface area contributed by atoms with Gasteiger partial charge in [0.15, 0.2) is 0 Å². The molecule has 0 atom stereocenters. The number of benzene rings is 2. The minimum absolute atomic E-state index is 0.0547. The molecule has 5 nitrogen and oxygen atoms in total. The number of hydrogen-bond donors (Lipinski definition) is 1. The molecule has 0 aliphatic carbocycles. The number of anilines is 1. The minimum atomic E-state index is -0.832. The molecule has 0 spiro atoms. The Morgan fingerprint density at radius 1 is 1.19 bits per heavy atom. The van der Waals surface area contributed by atoms with Crippen molar-refractivity contribution in [1.82, 2.24) is 0 Å². The first-order chi connectivity index (χ1) is 9.88. The summed E-state index contributed by atoms with van der Waals surface area (Å²) in [6, 6.07) is 6.18. The van der Waals surface area contributed by atoms with Gasteiger partial charge in [0.05, 0.1) is 16.2 Å². The zero-order valence-electron chi connectivity index (χ0n) is 10.3. The molecule has 0 aromatic heterocycles. The van der Waals surface area contributed by atoms with E-state index in [4.69, 9.17) is 0 Å². The van der Waals surface area contributed by atoms with Gasteiger partial charge in [-0.1, -0.05) is 0 Å². The molecule has 8 heteroatoms. The lowest BCUT2D eigenvalue weighted by Gasteiger charge is -2.08. The largest absolute Gasteiger partial charge is 0.319 e. The highest BCUT2D eigenvalue weighted by Gasteiger charge is 2.16. The molecule has 2 aromatic carbocycles. The van der Waals surface area contributed by atoms with Crippen LogP contribution >= 0.6 is 15.9 Å². The molecule has 1 N–H and O–H groups in total. The number of halogens is 3. The fourth-order valence-electron chi connectivity index (χ4n) is 1.58. The Kier molecular flexibility index (Phi) is 4.27. The van der Waals surface area contributed by atoms with Crippen molar-refractivity contribution in [3.63, 3.8) is 0 Å². The van der Waals surface area contributed by atoms with Crippen LogP contribution in [0, 0.1) is 21.7 Å². The van der Waals surface area contributed by atoms with E-state index in [9.17, 15) is 23.7 Å². The molecule has 1 amide bonds. The molecule has 0 heterocycles. The van der Waals surface area contributed by atoms with Gasteiger partial charge in [0.25, 0.3) is 11.6 Å². The van der Waals surface area contributed by atoms with Crippen molar-refractivity contribution in [2.45, 2.75) is 0 Å². The molecule has 108 valence electrons. The summed E-state index contributed by atoms with van der Waals surface area (Å²) in [6.07, 6.45) is 0. The van der Waals surface area contributed by atoms with Crippen LogP contribution in [0.2, 0.25) is 0 Å². The Labute approximate surface area is 125 Å². The second-order valence-electron chi connectivity index (χ2n) is 4.00. The summed E-state index contributed by atoms with van der Waals surface area (Å²) in [6.45, 7) is 0. The summed E-state index contributed by atoms with van der Waals surface area (Å²) in [5, 5.41) is 12.8. The number of nitro groups is 1. The molecule has 0 radical (unpaired) electrons. The maximum atomic E-state index is 13.6. The number of carbonyl (C=O) groups excluding carboxylic acids is 1. The number of non-ortho nitro benzene ring substituents is 1. The standard InChI is InChI=1S/C13H7BrF2N2O3/c14-10-3-1-7(15)5-9(10)13(19)17-12-6-8(18(20)21)2-4-11(12)16/h1-6H,(H,17,19). The first kappa shape index (κ1) is 15.0. The smallest absolute Gasteiger partial charge is 0.271 e. The summed E-state index contributed by atoms with van der Waals surface area (Å²) in [5.74, 6) is -2.26. The molecule has 0 aliphatic rings. The summed E-state index contributed by atoms with van der Waals surface area (Å²) >= 11 is 3.07. The highest BCUT2D eigenvalue weighted by Crippen LogP contribution is 2.24. The number of amides is 1. The lowest BCUT2D eigenvalue weighted by molar-refractivity contribution is -0.384. The van der Waals surface area contributed by atoms with Crippen LogP contribution in [0.15, 0.2) is 40.9 Å². The Morgan fingerprint density at radius 3 is 2.57 bits per heavy atom. The van der Waals surface area contributed by atoms with Crippen LogP contribution in [0.1, 0.15) is 10.4 Å². The van der Waals surface area contributed by atoms with Crippen LogP contribution in [0.4, 0.5) is 20.2 Å². The van der Waals surface area contributed by atoms with E-state index in [0.717, 1.165) is 30.3 Å². The molecular formula is C13H7BrF2N2O3. The third-order valence-electron chi connectivity index (χ3n) is 2.58. The van der Waals surface area contributed by atoms with Crippen LogP contribution in [0.25, 0.3) is 0 Å². The molecule has 0 aliphatic heterocycles. The van der Waals surface area contributed by atoms with E-state index in [1.165, 1.54) is 6.07 Å². The monoisotopic (exact) mass is 356 g/mol. The number of carbonyl (C=O) groups is 1. The first-order valence-corrected chi connectivity index (χ1v) is 6.38. The van der Waals surface area contributed by atoms with E-state index in [1.807, 2.05) is 0 Å². The number of nitrogens with one attached hydrogen (secondary N) is 1. The van der Waals surface area contributed by atoms with Gasteiger partial charge in [0.1, 0.15) is 11.6 Å². The van der Waals surface area contributed by atoms with Crippen molar-refractivity contribution in [1.29, 1.82) is 0 Å². The Balaban J connectivity index is 2.33. The van der Waals surface area contributed by atoms with Gasteiger partial charge in [-0.05, 0) is 40.2 Å². The molecule has 0 saturated heterocycles. The van der Waals surface area contributed by atoms with E-state index in [1.54, 1.807) is 0 Å². The lowest BCUT2D eigenvalue weighted by Crippen LogP contribution is -2.14. The van der Waals surface area contributed by atoms with Gasteiger partial charge in [-0.3, -0.25) is 14.9 Å². The van der Waals surface area contributed by atoms with Gasteiger partial charge in [0, 0.05) is 16.6 Å². The van der Waals surface area contributed by atoms with Crippen molar-refractivity contribution >= 4 is 33.2 Å². The SMILES string of the molecule is O=C(Nc1cc([N+](=O)[O-])ccc1F)c1cc(F)ccc1Br. The Hall–Kier alpha value is -2.35. The van der Waals surface area contributed by atoms with E-state index < -0.39 is 22.5 Å². The van der Waals surface area contributed by atoms with E-state index >= 15 is 0 Å². The fourth-order valence-corrected chi connectivity index (χ4v) is 2.01. The molecular weight excluding hydrogens is 350 g/mol. The summed E-state index contributed by atoms with van der Waals surface area (Å²) in [7, 11) is 0. The van der Waals surface area contributed by atoms with Gasteiger partial charge in [-0.25, -0.2) is 8.78 Å². The second kappa shape index (κ2) is 5.96. The van der Waals surface area contributed by atoms with Crippen LogP contribution in [-0.2, 0) is 0 Å². The fraction of sp³-hybridized carbons (Fsp3) is 0. The maximum absolute atomic E-state index is 13.6. The zero-order valence-corrected chi connectivity index (χ0v) is 11.9. The summed E-state index contributed by atoms with van der Waals surface area (Å²) in [4.78, 5) is 21.9. The third kappa shape index (κ3) is 3.40. The van der Waals surface area contributed by atoms with E-state index in [0.29, 0.717) is 4.47 Å². The van der Waals surface area contributed by atoms with Gasteiger partial charge >= 0.3 is 0 Å². The average molecular weight is 357 g/mol. The molecule has 0 saturated carbocycles. The Bertz CT molecular complexity index is 737. The van der Waals surface area contributed by atoms with Gasteiger partial charge in [-0.2, -0.15) is 0 Å². The van der Waals surface area contributed by atoms with Crippen molar-refractivity contribution in [3.05, 3.63) is 68.2 Å². The van der Waals surface area contributed by atoms with Crippen LogP contribution < -0.4 is 5.32 Å². The second-order valence-corrected chi connectivity index (χ2v) is 4.85. The zero-order chi connectivity index (χ0) is 15.6. The molecule has 0 unspecified atom stereocenters. The quantitative estimate of drug-likeness (QED) is 0.669. The van der Waals surface area contributed by atoms with Crippen molar-refractivity contribution in [2.75, 3.05) is 5.32 Å². The molecule has 0 bridgehead atoms. The molecule has 0 fully saturated rings. The Morgan fingerprint density at radius 2 is 1.90 bits per heavy atom. The normalized spacial score (nSPS) is 10.2. The number of nitrogens with zero attached hydrogens (tertiary/aromatic N) is 1. The predicted molar refractivity (Wildman–Crippen MR) is 75.1 cm³/mol. The molecule has 2 rings (SSSR count). The first-order valence-electron chi connectivity index (χ1n) is 5.59. The maximum Gasteiger partial charge on any atom is 0.271 e. The highest BCUT2D eigenvalue weighted by molar-refractivity contribution is 9.10. The summed E-state index contributed by atoms with van der Waals surface area (Å²) in [5.41, 5.74) is -0.781. The predicted octanol–water partition coefficient (Wildman–Crippen LogP) is 3.89. The van der Waals surface area contributed by atoms with E-state index in [2.05, 4.69) is 21.2 Å². The van der Waals surface area contributed by atoms with E-state index in [-0.39, 0.29) is 16.9 Å². The minimum Gasteiger partial charge on any atom is -0.319 e. The van der Waals surface area contributed by atoms with Crippen molar-refractivity contribution in [3.8, 4) is 0 Å². The molecule has 2 aromatic rings. The van der Waals surface area contributed by atoms with Crippen molar-refractivity contribution in [2.24, 2.45) is 0 Å². The summed E-state index contributed by atoms with van der Waals surface area (Å²) < 4.78 is 27.0. The van der Waals surface area contributed by atoms with Crippen LogP contribution in [0.5, 0.6) is 0 Å². The average Bonchev–Trinajstić information content (AvgIpc) is 2.43. The third-order valence-corrected chi connectivity index (χ3v) is 3.27. The van der Waals surface area contributed by atoms with Crippen LogP contribution in [-0.4, -0.2) is 10.8 Å². The van der Waals surface area contributed by atoms with Crippen LogP contribution in [0.3, 0.4) is 0 Å². The number of rotatable bonds is 3. The van der Waals surface area contributed by atoms with Gasteiger partial charge < -0.3 is 5.32 Å². The lowest BCUT2D eigenvalue weighted by atomic mass is 10.2. The van der Waals surface area contributed by atoms with Gasteiger partial charge in [0.2, 0.25) is 0 Å².